The monoisotopic (exact) mass is 296 g/mol. The van der Waals surface area contributed by atoms with E-state index in [4.69, 9.17) is 9.84 Å². The van der Waals surface area contributed by atoms with Crippen LogP contribution in [0.1, 0.15) is 56.3 Å². The van der Waals surface area contributed by atoms with Crippen LogP contribution in [0.4, 0.5) is 5.69 Å². The van der Waals surface area contributed by atoms with Crippen LogP contribution in [0.2, 0.25) is 0 Å². The van der Waals surface area contributed by atoms with E-state index in [2.05, 4.69) is 11.9 Å². The molecule has 0 saturated carbocycles. The van der Waals surface area contributed by atoms with Gasteiger partial charge >= 0.3 is 11.7 Å². The number of hydrogen-bond acceptors (Lipinski definition) is 5. The first-order valence-corrected chi connectivity index (χ1v) is 7.00. The lowest BCUT2D eigenvalue weighted by Gasteiger charge is -2.13. The van der Waals surface area contributed by atoms with Crippen LogP contribution in [0.3, 0.4) is 0 Å². The molecular weight excluding hydrogens is 276 g/mol. The van der Waals surface area contributed by atoms with E-state index in [1.54, 1.807) is 0 Å². The molecule has 0 fully saturated rings. The van der Waals surface area contributed by atoms with Crippen LogP contribution in [0.5, 0.6) is 5.88 Å². The summed E-state index contributed by atoms with van der Waals surface area (Å²) in [5.74, 6) is -1.39. The molecule has 116 valence electrons. The minimum absolute atomic E-state index is 0.131. The fourth-order valence-electron chi connectivity index (χ4n) is 1.89. The van der Waals surface area contributed by atoms with Gasteiger partial charge in [0.1, 0.15) is 0 Å². The standard InChI is InChI=1S/C14H20N2O5/c1-3-4-5-6-7-10(2)21-13-12(16(19)20)8-11(9-15-13)14(17)18/h8-10H,3-7H2,1-2H3,(H,17,18). The second kappa shape index (κ2) is 8.18. The zero-order chi connectivity index (χ0) is 15.8. The lowest BCUT2D eigenvalue weighted by Crippen LogP contribution is -2.14. The lowest BCUT2D eigenvalue weighted by molar-refractivity contribution is -0.386. The quantitative estimate of drug-likeness (QED) is 0.425. The second-order valence-corrected chi connectivity index (χ2v) is 4.89. The molecular formula is C14H20N2O5. The van der Waals surface area contributed by atoms with E-state index in [-0.39, 0.29) is 17.5 Å². The van der Waals surface area contributed by atoms with Gasteiger partial charge in [0.15, 0.2) is 0 Å². The van der Waals surface area contributed by atoms with E-state index in [0.29, 0.717) is 0 Å². The van der Waals surface area contributed by atoms with Gasteiger partial charge in [-0.15, -0.1) is 0 Å². The summed E-state index contributed by atoms with van der Waals surface area (Å²) in [5.41, 5.74) is -0.653. The van der Waals surface area contributed by atoms with E-state index < -0.39 is 16.6 Å². The maximum absolute atomic E-state index is 11.0. The number of carbonyl (C=O) groups is 1. The topological polar surface area (TPSA) is 103 Å². The number of nitro groups is 1. The van der Waals surface area contributed by atoms with Gasteiger partial charge in [0.05, 0.1) is 16.6 Å². The van der Waals surface area contributed by atoms with Gasteiger partial charge < -0.3 is 9.84 Å². The number of aromatic carboxylic acids is 1. The van der Waals surface area contributed by atoms with Gasteiger partial charge in [0.25, 0.3) is 5.88 Å². The summed E-state index contributed by atoms with van der Waals surface area (Å²) in [4.78, 5) is 24.9. The van der Waals surface area contributed by atoms with Crippen molar-refractivity contribution in [2.24, 2.45) is 0 Å². The lowest BCUT2D eigenvalue weighted by atomic mass is 10.1. The Kier molecular flexibility index (Phi) is 6.58. The van der Waals surface area contributed by atoms with Crippen molar-refractivity contribution in [3.8, 4) is 5.88 Å². The number of ether oxygens (including phenoxy) is 1. The minimum atomic E-state index is -1.26. The van der Waals surface area contributed by atoms with Crippen LogP contribution in [0.15, 0.2) is 12.3 Å². The largest absolute Gasteiger partial charge is 0.478 e. The molecule has 21 heavy (non-hydrogen) atoms. The first-order chi connectivity index (χ1) is 9.95. The summed E-state index contributed by atoms with van der Waals surface area (Å²) in [5, 5.41) is 19.8. The third kappa shape index (κ3) is 5.37. The molecule has 1 aromatic heterocycles. The summed E-state index contributed by atoms with van der Waals surface area (Å²) in [6.07, 6.45) is 6.00. The Balaban J connectivity index is 2.73. The highest BCUT2D eigenvalue weighted by molar-refractivity contribution is 5.88. The third-order valence-corrected chi connectivity index (χ3v) is 3.05. The van der Waals surface area contributed by atoms with Gasteiger partial charge in [-0.05, 0) is 19.8 Å². The van der Waals surface area contributed by atoms with Crippen molar-refractivity contribution in [2.75, 3.05) is 0 Å². The predicted octanol–water partition coefficient (Wildman–Crippen LogP) is 3.43. The number of pyridine rings is 1. The molecule has 1 unspecified atom stereocenters. The molecule has 0 aliphatic rings. The van der Waals surface area contributed by atoms with Gasteiger partial charge in [0.2, 0.25) is 0 Å². The first kappa shape index (κ1) is 16.9. The highest BCUT2D eigenvalue weighted by Crippen LogP contribution is 2.26. The molecule has 0 aliphatic carbocycles. The maximum Gasteiger partial charge on any atom is 0.337 e. The Morgan fingerprint density at radius 2 is 2.19 bits per heavy atom. The maximum atomic E-state index is 11.0. The number of nitrogens with zero attached hydrogens (tertiary/aromatic N) is 2. The van der Waals surface area contributed by atoms with Gasteiger partial charge in [-0.1, -0.05) is 26.2 Å². The molecule has 1 rings (SSSR count). The van der Waals surface area contributed by atoms with E-state index in [1.165, 1.54) is 0 Å². The van der Waals surface area contributed by atoms with Crippen LogP contribution in [-0.2, 0) is 0 Å². The van der Waals surface area contributed by atoms with Crippen molar-refractivity contribution in [2.45, 2.75) is 52.1 Å². The molecule has 0 radical (unpaired) electrons. The number of aromatic nitrogens is 1. The Bertz CT molecular complexity index is 504. The number of rotatable bonds is 9. The average Bonchev–Trinajstić information content (AvgIpc) is 2.43. The zero-order valence-corrected chi connectivity index (χ0v) is 12.2. The molecule has 0 bridgehead atoms. The average molecular weight is 296 g/mol. The highest BCUT2D eigenvalue weighted by Gasteiger charge is 2.21. The highest BCUT2D eigenvalue weighted by atomic mass is 16.6. The molecule has 0 amide bonds. The van der Waals surface area contributed by atoms with E-state index in [9.17, 15) is 14.9 Å². The number of hydrogen-bond donors (Lipinski definition) is 1. The molecule has 0 spiro atoms. The SMILES string of the molecule is CCCCCCC(C)Oc1ncc(C(=O)O)cc1[N+](=O)[O-]. The zero-order valence-electron chi connectivity index (χ0n) is 12.2. The van der Waals surface area contributed by atoms with E-state index >= 15 is 0 Å². The molecule has 1 heterocycles. The van der Waals surface area contributed by atoms with Crippen LogP contribution in [-0.4, -0.2) is 27.1 Å². The summed E-state index contributed by atoms with van der Waals surface area (Å²) in [7, 11) is 0. The normalized spacial score (nSPS) is 11.9. The molecule has 7 nitrogen and oxygen atoms in total. The van der Waals surface area contributed by atoms with E-state index in [1.807, 2.05) is 6.92 Å². The summed E-state index contributed by atoms with van der Waals surface area (Å²) in [6.45, 7) is 3.94. The Hall–Kier alpha value is -2.18. The summed E-state index contributed by atoms with van der Waals surface area (Å²) < 4.78 is 5.48. The molecule has 0 aromatic carbocycles. The van der Waals surface area contributed by atoms with Crippen LogP contribution in [0.25, 0.3) is 0 Å². The molecule has 7 heteroatoms. The predicted molar refractivity (Wildman–Crippen MR) is 76.7 cm³/mol. The molecule has 1 aromatic rings. The van der Waals surface area contributed by atoms with Crippen molar-refractivity contribution < 1.29 is 19.6 Å². The molecule has 0 saturated heterocycles. The first-order valence-electron chi connectivity index (χ1n) is 7.00. The Labute approximate surface area is 123 Å². The van der Waals surface area contributed by atoms with Crippen LogP contribution < -0.4 is 4.74 Å². The molecule has 1 N–H and O–H groups in total. The van der Waals surface area contributed by atoms with Crippen molar-refractivity contribution in [3.63, 3.8) is 0 Å². The Morgan fingerprint density at radius 3 is 2.76 bits per heavy atom. The van der Waals surface area contributed by atoms with Gasteiger partial charge in [-0.25, -0.2) is 9.78 Å². The van der Waals surface area contributed by atoms with Crippen molar-refractivity contribution in [1.29, 1.82) is 0 Å². The molecule has 0 aliphatic heterocycles. The van der Waals surface area contributed by atoms with Crippen molar-refractivity contribution in [1.82, 2.24) is 4.98 Å². The summed E-state index contributed by atoms with van der Waals surface area (Å²) in [6, 6.07) is 0.967. The third-order valence-electron chi connectivity index (χ3n) is 3.05. The fraction of sp³-hybridized carbons (Fsp3) is 0.571. The Morgan fingerprint density at radius 1 is 1.48 bits per heavy atom. The number of unbranched alkanes of at least 4 members (excludes halogenated alkanes) is 3. The van der Waals surface area contributed by atoms with Crippen LogP contribution in [0, 0.1) is 10.1 Å². The smallest absolute Gasteiger partial charge is 0.337 e. The van der Waals surface area contributed by atoms with Gasteiger partial charge in [-0.2, -0.15) is 0 Å². The number of carboxylic acid groups (broad SMARTS) is 1. The second-order valence-electron chi connectivity index (χ2n) is 4.89. The van der Waals surface area contributed by atoms with Gasteiger partial charge in [-0.3, -0.25) is 10.1 Å². The summed E-state index contributed by atoms with van der Waals surface area (Å²) >= 11 is 0. The minimum Gasteiger partial charge on any atom is -0.478 e. The van der Waals surface area contributed by atoms with E-state index in [0.717, 1.165) is 44.4 Å². The van der Waals surface area contributed by atoms with Gasteiger partial charge in [0, 0.05) is 12.3 Å². The van der Waals surface area contributed by atoms with Crippen molar-refractivity contribution >= 4 is 11.7 Å². The van der Waals surface area contributed by atoms with Crippen LogP contribution >= 0.6 is 0 Å². The molecule has 1 atom stereocenters. The fourth-order valence-corrected chi connectivity index (χ4v) is 1.89. The number of carboxylic acids is 1. The van der Waals surface area contributed by atoms with Crippen molar-refractivity contribution in [3.05, 3.63) is 27.9 Å².